The van der Waals surface area contributed by atoms with Gasteiger partial charge in [-0.1, -0.05) is 19.1 Å². The van der Waals surface area contributed by atoms with Crippen LogP contribution in [-0.4, -0.2) is 87.9 Å². The van der Waals surface area contributed by atoms with E-state index in [1.807, 2.05) is 45.2 Å². The van der Waals surface area contributed by atoms with Crippen LogP contribution < -0.4 is 14.2 Å². The molecule has 1 heterocycles. The van der Waals surface area contributed by atoms with Crippen LogP contribution in [0.25, 0.3) is 0 Å². The Morgan fingerprint density at radius 3 is 2.46 bits per heavy atom. The van der Waals surface area contributed by atoms with Crippen molar-refractivity contribution in [1.82, 2.24) is 9.80 Å². The summed E-state index contributed by atoms with van der Waals surface area (Å²) in [5.41, 5.74) is 1.45. The van der Waals surface area contributed by atoms with Crippen molar-refractivity contribution in [3.8, 4) is 11.5 Å². The molecule has 0 saturated heterocycles. The number of anilines is 1. The number of sulfonamides is 1. The number of fused-ring (bicyclic) bond motifs is 1. The molecule has 3 aromatic carbocycles. The Bertz CT molecular complexity index is 1590. The number of halogens is 1. The number of amides is 1. The van der Waals surface area contributed by atoms with E-state index in [0.717, 1.165) is 42.7 Å². The SMILES string of the molecule is COc1ccc(CN(C)C[C@H]2OCCCC[C@@H](C)Oc3ccc(NS(=O)(=O)c4ccc(F)cc4)cc3C(=O)N([C@H](C)CO)C[C@H]2C)cc1. The smallest absolute Gasteiger partial charge is 0.261 e. The second-order valence-corrected chi connectivity index (χ2v) is 14.3. The molecule has 3 aromatic rings. The van der Waals surface area contributed by atoms with Gasteiger partial charge in [0.2, 0.25) is 0 Å². The molecule has 10 nitrogen and oxygen atoms in total. The number of aliphatic hydroxyl groups excluding tert-OH is 1. The Kier molecular flexibility index (Phi) is 13.2. The number of hydrogen-bond donors (Lipinski definition) is 2. The summed E-state index contributed by atoms with van der Waals surface area (Å²) in [5.74, 6) is 0.0411. The minimum Gasteiger partial charge on any atom is -0.497 e. The summed E-state index contributed by atoms with van der Waals surface area (Å²) < 4.78 is 60.2. The lowest BCUT2D eigenvalue weighted by atomic mass is 10.0. The normalized spacial score (nSPS) is 20.4. The van der Waals surface area contributed by atoms with Gasteiger partial charge in [-0.05, 0) is 100 Å². The van der Waals surface area contributed by atoms with Crippen LogP contribution in [-0.2, 0) is 21.3 Å². The lowest BCUT2D eigenvalue weighted by Gasteiger charge is -2.36. The summed E-state index contributed by atoms with van der Waals surface area (Å²) in [7, 11) is -0.395. The fourth-order valence-corrected chi connectivity index (χ4v) is 6.74. The van der Waals surface area contributed by atoms with Gasteiger partial charge in [0.15, 0.2) is 0 Å². The molecule has 4 rings (SSSR count). The number of carbonyl (C=O) groups excluding carboxylic acids is 1. The average molecular weight is 686 g/mol. The number of methoxy groups -OCH3 is 1. The highest BCUT2D eigenvalue weighted by atomic mass is 32.2. The van der Waals surface area contributed by atoms with Crippen LogP contribution >= 0.6 is 0 Å². The van der Waals surface area contributed by atoms with Crippen molar-refractivity contribution >= 4 is 21.6 Å². The monoisotopic (exact) mass is 685 g/mol. The zero-order chi connectivity index (χ0) is 34.8. The molecule has 1 amide bonds. The van der Waals surface area contributed by atoms with E-state index < -0.39 is 27.8 Å². The van der Waals surface area contributed by atoms with Gasteiger partial charge in [-0.2, -0.15) is 0 Å². The van der Waals surface area contributed by atoms with Gasteiger partial charge in [0.05, 0.1) is 42.4 Å². The largest absolute Gasteiger partial charge is 0.497 e. The summed E-state index contributed by atoms with van der Waals surface area (Å²) in [4.78, 5) is 18.0. The van der Waals surface area contributed by atoms with Crippen LogP contribution in [0.5, 0.6) is 11.5 Å². The van der Waals surface area contributed by atoms with Crippen LogP contribution in [0.15, 0.2) is 71.6 Å². The molecule has 0 saturated carbocycles. The summed E-state index contributed by atoms with van der Waals surface area (Å²) in [6.45, 7) is 7.62. The molecule has 12 heteroatoms. The maximum Gasteiger partial charge on any atom is 0.261 e. The molecule has 4 atom stereocenters. The van der Waals surface area contributed by atoms with E-state index in [9.17, 15) is 22.7 Å². The van der Waals surface area contributed by atoms with Crippen molar-refractivity contribution < 1.29 is 36.9 Å². The van der Waals surface area contributed by atoms with Crippen molar-refractivity contribution in [3.05, 3.63) is 83.7 Å². The fraction of sp³-hybridized carbons (Fsp3) is 0.472. The predicted molar refractivity (Wildman–Crippen MR) is 183 cm³/mol. The lowest BCUT2D eigenvalue weighted by molar-refractivity contribution is -0.0177. The lowest BCUT2D eigenvalue weighted by Crippen LogP contribution is -2.47. The summed E-state index contributed by atoms with van der Waals surface area (Å²) in [6, 6.07) is 16.5. The molecule has 0 unspecified atom stereocenters. The first kappa shape index (κ1) is 37.1. The van der Waals surface area contributed by atoms with E-state index in [4.69, 9.17) is 14.2 Å². The number of aliphatic hydroxyl groups is 1. The summed E-state index contributed by atoms with van der Waals surface area (Å²) >= 11 is 0. The van der Waals surface area contributed by atoms with E-state index in [1.165, 1.54) is 24.3 Å². The summed E-state index contributed by atoms with van der Waals surface area (Å²) in [6.07, 6.45) is 1.99. The first-order valence-corrected chi connectivity index (χ1v) is 17.8. The van der Waals surface area contributed by atoms with E-state index in [2.05, 4.69) is 9.62 Å². The van der Waals surface area contributed by atoms with Gasteiger partial charge in [0, 0.05) is 37.8 Å². The van der Waals surface area contributed by atoms with Crippen molar-refractivity contribution in [1.29, 1.82) is 0 Å². The Morgan fingerprint density at radius 1 is 1.08 bits per heavy atom. The van der Waals surface area contributed by atoms with Crippen molar-refractivity contribution in [3.63, 3.8) is 0 Å². The van der Waals surface area contributed by atoms with Crippen LogP contribution in [0.4, 0.5) is 10.1 Å². The molecule has 2 N–H and O–H groups in total. The fourth-order valence-electron chi connectivity index (χ4n) is 5.69. The number of rotatable bonds is 10. The Hall–Kier alpha value is -3.71. The van der Waals surface area contributed by atoms with Gasteiger partial charge >= 0.3 is 0 Å². The summed E-state index contributed by atoms with van der Waals surface area (Å²) in [5, 5.41) is 10.2. The molecule has 1 aliphatic rings. The standard InChI is InChI=1S/C36H48FN3O7S/c1-25-21-40(26(2)24-41)36(42)33-20-30(38-48(43,44)32-16-11-29(37)12-17-32)13-18-34(33)47-27(3)8-6-7-19-46-35(25)23-39(4)22-28-9-14-31(45-5)15-10-28/h9-18,20,25-27,35,38,41H,6-8,19,21-24H2,1-5H3/t25-,26-,27-,35-/m1/s1. The van der Waals surface area contributed by atoms with Crippen molar-refractivity contribution in [2.45, 2.75) is 69.7 Å². The van der Waals surface area contributed by atoms with Gasteiger partial charge in [-0.3, -0.25) is 14.4 Å². The molecular weight excluding hydrogens is 637 g/mol. The second kappa shape index (κ2) is 17.1. The maximum absolute atomic E-state index is 14.4. The topological polar surface area (TPSA) is 118 Å². The molecule has 0 bridgehead atoms. The highest BCUT2D eigenvalue weighted by Gasteiger charge is 2.30. The molecule has 0 aromatic heterocycles. The maximum atomic E-state index is 14.4. The number of ether oxygens (including phenoxy) is 3. The molecule has 262 valence electrons. The Labute approximate surface area is 283 Å². The minimum atomic E-state index is -4.07. The van der Waals surface area contributed by atoms with E-state index in [1.54, 1.807) is 25.0 Å². The minimum absolute atomic E-state index is 0.118. The van der Waals surface area contributed by atoms with Gasteiger partial charge in [-0.25, -0.2) is 12.8 Å². The number of nitrogens with zero attached hydrogens (tertiary/aromatic N) is 2. The number of nitrogens with one attached hydrogen (secondary N) is 1. The molecule has 0 aliphatic carbocycles. The van der Waals surface area contributed by atoms with Crippen molar-refractivity contribution in [2.75, 3.05) is 45.2 Å². The number of benzene rings is 3. The van der Waals surface area contributed by atoms with Crippen LogP contribution in [0, 0.1) is 11.7 Å². The van der Waals surface area contributed by atoms with Crippen molar-refractivity contribution in [2.24, 2.45) is 5.92 Å². The van der Waals surface area contributed by atoms with Gasteiger partial charge < -0.3 is 24.2 Å². The quantitative estimate of drug-likeness (QED) is 0.285. The van der Waals surface area contributed by atoms with Crippen LogP contribution in [0.2, 0.25) is 0 Å². The zero-order valence-corrected chi connectivity index (χ0v) is 29.2. The molecule has 0 fully saturated rings. The first-order valence-electron chi connectivity index (χ1n) is 16.3. The number of likely N-dealkylation sites (N-methyl/N-ethyl adjacent to an activating group) is 1. The van der Waals surface area contributed by atoms with Crippen LogP contribution in [0.3, 0.4) is 0 Å². The third kappa shape index (κ3) is 10.1. The molecule has 48 heavy (non-hydrogen) atoms. The second-order valence-electron chi connectivity index (χ2n) is 12.6. The predicted octanol–water partition coefficient (Wildman–Crippen LogP) is 5.56. The molecular formula is C36H48FN3O7S. The molecule has 1 aliphatic heterocycles. The third-order valence-corrected chi connectivity index (χ3v) is 9.93. The highest BCUT2D eigenvalue weighted by Crippen LogP contribution is 2.30. The van der Waals surface area contributed by atoms with Crippen LogP contribution in [0.1, 0.15) is 56.0 Å². The van der Waals surface area contributed by atoms with E-state index in [0.29, 0.717) is 25.4 Å². The number of carbonyl (C=O) groups is 1. The molecule has 0 radical (unpaired) electrons. The van der Waals surface area contributed by atoms with Gasteiger partial charge in [0.25, 0.3) is 15.9 Å². The third-order valence-electron chi connectivity index (χ3n) is 8.53. The highest BCUT2D eigenvalue weighted by molar-refractivity contribution is 7.92. The first-order chi connectivity index (χ1) is 22.9. The Balaban J connectivity index is 1.62. The zero-order valence-electron chi connectivity index (χ0n) is 28.4. The Morgan fingerprint density at radius 2 is 1.79 bits per heavy atom. The number of hydrogen-bond acceptors (Lipinski definition) is 8. The van der Waals surface area contributed by atoms with E-state index in [-0.39, 0.29) is 47.4 Å². The van der Waals surface area contributed by atoms with Gasteiger partial charge in [-0.15, -0.1) is 0 Å². The van der Waals surface area contributed by atoms with E-state index >= 15 is 0 Å². The average Bonchev–Trinajstić information content (AvgIpc) is 3.06. The molecule has 0 spiro atoms. The van der Waals surface area contributed by atoms with Gasteiger partial charge in [0.1, 0.15) is 17.3 Å².